The smallest absolute Gasteiger partial charge is 0.263 e. The van der Waals surface area contributed by atoms with Crippen molar-refractivity contribution < 1.29 is 18.7 Å². The van der Waals surface area contributed by atoms with Crippen LogP contribution in [0.2, 0.25) is 0 Å². The van der Waals surface area contributed by atoms with E-state index in [1.807, 2.05) is 36.6 Å². The van der Waals surface area contributed by atoms with Crippen LogP contribution in [0.15, 0.2) is 42.9 Å². The zero-order chi connectivity index (χ0) is 30.0. The number of likely N-dealkylation sites (tertiary alicyclic amines) is 1. The van der Waals surface area contributed by atoms with E-state index < -0.39 is 17.4 Å². The maximum absolute atomic E-state index is 14.6. The van der Waals surface area contributed by atoms with Crippen LogP contribution in [0.4, 0.5) is 26.0 Å². The Balaban J connectivity index is 1.27. The van der Waals surface area contributed by atoms with Crippen molar-refractivity contribution in [3.63, 3.8) is 0 Å². The lowest BCUT2D eigenvalue weighted by Gasteiger charge is -2.47. The van der Waals surface area contributed by atoms with Crippen LogP contribution in [-0.2, 0) is 10.4 Å². The van der Waals surface area contributed by atoms with Crippen LogP contribution in [0.1, 0.15) is 64.5 Å². The minimum Gasteiger partial charge on any atom is -0.375 e. The predicted octanol–water partition coefficient (Wildman–Crippen LogP) is 5.67. The second-order valence-corrected chi connectivity index (χ2v) is 12.4. The number of hydrogen-bond donors (Lipinski definition) is 2. The van der Waals surface area contributed by atoms with E-state index in [1.165, 1.54) is 31.5 Å². The van der Waals surface area contributed by atoms with Crippen LogP contribution in [0.5, 0.6) is 0 Å². The van der Waals surface area contributed by atoms with Gasteiger partial charge in [-0.05, 0) is 77.7 Å². The first-order valence-corrected chi connectivity index (χ1v) is 15.0. The molecular weight excluding hydrogens is 552 g/mol. The van der Waals surface area contributed by atoms with Crippen LogP contribution >= 0.6 is 0 Å². The SMILES string of the molecule is CC(C)n1cnc2cc(-c3ccc4c(c3)N([C@H]3C[C@@H](N5CCCCC5)C3)C(=O)C4(C)O)nc(Nc3ccnc(F)c3F)c21. The van der Waals surface area contributed by atoms with E-state index in [9.17, 15) is 18.7 Å². The number of nitrogens with zero attached hydrogens (tertiary/aromatic N) is 6. The van der Waals surface area contributed by atoms with Crippen LogP contribution in [0.25, 0.3) is 22.3 Å². The van der Waals surface area contributed by atoms with Gasteiger partial charge >= 0.3 is 0 Å². The number of rotatable bonds is 6. The van der Waals surface area contributed by atoms with Crippen molar-refractivity contribution in [2.45, 2.75) is 76.6 Å². The molecule has 1 atom stereocenters. The van der Waals surface area contributed by atoms with E-state index in [-0.39, 0.29) is 23.7 Å². The van der Waals surface area contributed by atoms with Gasteiger partial charge in [0.05, 0.1) is 28.9 Å². The summed E-state index contributed by atoms with van der Waals surface area (Å²) >= 11 is 0. The van der Waals surface area contributed by atoms with Gasteiger partial charge in [-0.1, -0.05) is 18.6 Å². The van der Waals surface area contributed by atoms with E-state index in [0.717, 1.165) is 25.9 Å². The Bertz CT molecular complexity index is 1720. The molecule has 1 saturated heterocycles. The summed E-state index contributed by atoms with van der Waals surface area (Å²) in [6.45, 7) is 7.77. The molecule has 1 aliphatic carbocycles. The van der Waals surface area contributed by atoms with Crippen LogP contribution < -0.4 is 10.2 Å². The molecule has 43 heavy (non-hydrogen) atoms. The Kier molecular flexibility index (Phi) is 6.70. The van der Waals surface area contributed by atoms with Gasteiger partial charge in [-0.3, -0.25) is 4.79 Å². The monoisotopic (exact) mass is 587 g/mol. The summed E-state index contributed by atoms with van der Waals surface area (Å²) in [6.07, 6.45) is 8.36. The lowest BCUT2D eigenvalue weighted by molar-refractivity contribution is -0.135. The normalized spacial score (nSPS) is 24.1. The number of amides is 1. The molecule has 11 heteroatoms. The van der Waals surface area contributed by atoms with Crippen molar-refractivity contribution in [3.8, 4) is 11.3 Å². The highest BCUT2D eigenvalue weighted by Gasteiger charge is 2.51. The number of hydrogen-bond acceptors (Lipinski definition) is 7. The molecule has 1 unspecified atom stereocenters. The van der Waals surface area contributed by atoms with E-state index in [1.54, 1.807) is 24.2 Å². The minimum absolute atomic E-state index is 0.0152. The molecule has 7 rings (SSSR count). The van der Waals surface area contributed by atoms with Crippen LogP contribution in [0.3, 0.4) is 0 Å². The fourth-order valence-electron chi connectivity index (χ4n) is 6.80. The molecule has 2 fully saturated rings. The number of imidazole rings is 1. The molecule has 1 amide bonds. The lowest BCUT2D eigenvalue weighted by Crippen LogP contribution is -2.57. The zero-order valence-corrected chi connectivity index (χ0v) is 24.5. The maximum atomic E-state index is 14.6. The molecule has 3 aliphatic rings. The average molecular weight is 588 g/mol. The van der Waals surface area contributed by atoms with E-state index in [4.69, 9.17) is 4.98 Å². The Morgan fingerprint density at radius 2 is 1.81 bits per heavy atom. The highest BCUT2D eigenvalue weighted by Crippen LogP contribution is 2.47. The molecule has 0 bridgehead atoms. The summed E-state index contributed by atoms with van der Waals surface area (Å²) in [6, 6.07) is 9.22. The highest BCUT2D eigenvalue weighted by molar-refractivity contribution is 6.08. The number of pyridine rings is 2. The number of nitrogens with one attached hydrogen (secondary N) is 1. The summed E-state index contributed by atoms with van der Waals surface area (Å²) in [4.78, 5) is 30.7. The zero-order valence-electron chi connectivity index (χ0n) is 24.5. The number of carbonyl (C=O) groups is 1. The van der Waals surface area contributed by atoms with Crippen LogP contribution in [-0.4, -0.2) is 60.6 Å². The molecule has 0 radical (unpaired) electrons. The van der Waals surface area contributed by atoms with Crippen molar-refractivity contribution in [1.29, 1.82) is 0 Å². The molecule has 3 aromatic heterocycles. The molecule has 9 nitrogen and oxygen atoms in total. The summed E-state index contributed by atoms with van der Waals surface area (Å²) in [7, 11) is 0. The summed E-state index contributed by atoms with van der Waals surface area (Å²) < 4.78 is 30.5. The van der Waals surface area contributed by atoms with Gasteiger partial charge in [0.1, 0.15) is 5.52 Å². The first kappa shape index (κ1) is 27.8. The topological polar surface area (TPSA) is 99.4 Å². The molecular formula is C32H35F2N7O2. The Hall–Kier alpha value is -3.96. The second kappa shape index (κ2) is 10.3. The maximum Gasteiger partial charge on any atom is 0.263 e. The van der Waals surface area contributed by atoms with Crippen molar-refractivity contribution in [1.82, 2.24) is 24.4 Å². The minimum atomic E-state index is -1.62. The summed E-state index contributed by atoms with van der Waals surface area (Å²) in [5.41, 5.74) is 2.07. The van der Waals surface area contributed by atoms with Gasteiger partial charge in [-0.25, -0.2) is 15.0 Å². The number of halogens is 2. The van der Waals surface area contributed by atoms with Crippen molar-refractivity contribution >= 4 is 34.1 Å². The quantitative estimate of drug-likeness (QED) is 0.281. The summed E-state index contributed by atoms with van der Waals surface area (Å²) in [5, 5.41) is 14.2. The van der Waals surface area contributed by atoms with Gasteiger partial charge in [0.25, 0.3) is 11.9 Å². The third-order valence-corrected chi connectivity index (χ3v) is 9.28. The molecule has 0 spiro atoms. The van der Waals surface area contributed by atoms with Crippen LogP contribution in [0, 0.1) is 11.8 Å². The molecule has 1 saturated carbocycles. The first-order chi connectivity index (χ1) is 20.6. The number of aromatic nitrogens is 4. The standard InChI is InChI=1S/C32H35F2N7O2/c1-18(2)40-17-36-25-16-24(38-30(28(25)40)37-23-9-10-35-29(34)27(23)33)19-7-8-22-26(13-19)41(31(42)32(22,3)43)21-14-20(15-21)39-11-5-4-6-12-39/h7-10,13,16-18,20-21,43H,4-6,11-12,14-15H2,1-3H3,(H,35,37,38)/t20-,21+,32?. The first-order valence-electron chi connectivity index (χ1n) is 15.0. The fraction of sp³-hybridized carbons (Fsp3) is 0.438. The average Bonchev–Trinajstić information content (AvgIpc) is 3.49. The Morgan fingerprint density at radius 3 is 2.56 bits per heavy atom. The fourth-order valence-corrected chi connectivity index (χ4v) is 6.80. The van der Waals surface area contributed by atoms with Crippen molar-refractivity contribution in [2.24, 2.45) is 0 Å². The van der Waals surface area contributed by atoms with E-state index in [2.05, 4.69) is 20.2 Å². The Morgan fingerprint density at radius 1 is 1.05 bits per heavy atom. The van der Waals surface area contributed by atoms with E-state index in [0.29, 0.717) is 45.4 Å². The van der Waals surface area contributed by atoms with E-state index >= 15 is 0 Å². The second-order valence-electron chi connectivity index (χ2n) is 12.4. The van der Waals surface area contributed by atoms with Gasteiger partial charge in [-0.15, -0.1) is 0 Å². The van der Waals surface area contributed by atoms with Gasteiger partial charge in [0, 0.05) is 35.4 Å². The molecule has 2 aliphatic heterocycles. The molecule has 224 valence electrons. The number of fused-ring (bicyclic) bond motifs is 2. The van der Waals surface area contributed by atoms with Gasteiger partial charge in [-0.2, -0.15) is 8.78 Å². The number of anilines is 3. The number of carbonyl (C=O) groups excluding carboxylic acids is 1. The number of benzene rings is 1. The third-order valence-electron chi connectivity index (χ3n) is 9.28. The Labute approximate surface area is 248 Å². The van der Waals surface area contributed by atoms with Gasteiger partial charge < -0.3 is 24.8 Å². The molecule has 4 aromatic rings. The molecule has 1 aromatic carbocycles. The van der Waals surface area contributed by atoms with Crippen molar-refractivity contribution in [3.05, 3.63) is 60.2 Å². The number of aliphatic hydroxyl groups is 1. The predicted molar refractivity (Wildman–Crippen MR) is 160 cm³/mol. The number of piperidine rings is 1. The largest absolute Gasteiger partial charge is 0.375 e. The molecule has 5 heterocycles. The van der Waals surface area contributed by atoms with Gasteiger partial charge in [0.2, 0.25) is 5.82 Å². The molecule has 2 N–H and O–H groups in total. The van der Waals surface area contributed by atoms with Crippen molar-refractivity contribution in [2.75, 3.05) is 23.3 Å². The third kappa shape index (κ3) is 4.56. The lowest BCUT2D eigenvalue weighted by atomic mass is 9.83. The van der Waals surface area contributed by atoms with Gasteiger partial charge in [0.15, 0.2) is 11.4 Å². The summed E-state index contributed by atoms with van der Waals surface area (Å²) in [5.74, 6) is -2.30. The highest BCUT2D eigenvalue weighted by atomic mass is 19.2.